The Hall–Kier alpha value is -1.76. The lowest BCUT2D eigenvalue weighted by atomic mass is 10.0. The van der Waals surface area contributed by atoms with Crippen molar-refractivity contribution in [2.45, 2.75) is 13.0 Å². The van der Waals surface area contributed by atoms with E-state index in [9.17, 15) is 4.79 Å². The Balaban J connectivity index is 1.82. The molecule has 0 fully saturated rings. The molecule has 2 aromatic heterocycles. The van der Waals surface area contributed by atoms with E-state index >= 15 is 0 Å². The van der Waals surface area contributed by atoms with Gasteiger partial charge in [0.25, 0.3) is 0 Å². The van der Waals surface area contributed by atoms with Gasteiger partial charge in [0, 0.05) is 40.6 Å². The van der Waals surface area contributed by atoms with E-state index in [1.807, 2.05) is 24.3 Å². The molecule has 2 N–H and O–H groups in total. The number of pyridine rings is 1. The van der Waals surface area contributed by atoms with Crippen molar-refractivity contribution in [2.24, 2.45) is 0 Å². The molecule has 1 aromatic carbocycles. The number of nitrogens with zero attached hydrogens (tertiary/aromatic N) is 2. The van der Waals surface area contributed by atoms with Crippen LogP contribution in [-0.4, -0.2) is 29.3 Å². The molecule has 3 heterocycles. The van der Waals surface area contributed by atoms with Gasteiger partial charge < -0.3 is 10.6 Å². The molecule has 24 heavy (non-hydrogen) atoms. The minimum absolute atomic E-state index is 0.0492. The predicted octanol–water partition coefficient (Wildman–Crippen LogP) is 3.86. The van der Waals surface area contributed by atoms with Crippen molar-refractivity contribution in [3.05, 3.63) is 56.5 Å². The average molecular weight is 402 g/mol. The molecule has 4 rings (SSSR count). The lowest BCUT2D eigenvalue weighted by Crippen LogP contribution is -2.27. The van der Waals surface area contributed by atoms with Crippen LogP contribution in [0.1, 0.15) is 26.5 Å². The maximum atomic E-state index is 12.8. The third-order valence-electron chi connectivity index (χ3n) is 4.35. The van der Waals surface area contributed by atoms with Gasteiger partial charge in [-0.1, -0.05) is 28.1 Å². The highest BCUT2D eigenvalue weighted by molar-refractivity contribution is 9.10. The molecule has 6 heteroatoms. The van der Waals surface area contributed by atoms with Gasteiger partial charge in [-0.2, -0.15) is 0 Å². The number of halogens is 1. The SMILES string of the molecule is CN1CCc2nc3sc(C(=O)c4cccc(Br)c4)c(N)c3cc2C1. The van der Waals surface area contributed by atoms with E-state index in [0.29, 0.717) is 16.1 Å². The molecule has 4 nitrogen and oxygen atoms in total. The van der Waals surface area contributed by atoms with E-state index < -0.39 is 0 Å². The van der Waals surface area contributed by atoms with Gasteiger partial charge in [-0.05, 0) is 30.8 Å². The summed E-state index contributed by atoms with van der Waals surface area (Å²) in [6.45, 7) is 1.89. The number of benzene rings is 1. The van der Waals surface area contributed by atoms with Crippen molar-refractivity contribution < 1.29 is 4.79 Å². The fourth-order valence-electron chi connectivity index (χ4n) is 3.07. The zero-order valence-electron chi connectivity index (χ0n) is 13.2. The smallest absolute Gasteiger partial charge is 0.205 e. The third-order valence-corrected chi connectivity index (χ3v) is 5.96. The zero-order valence-corrected chi connectivity index (χ0v) is 15.6. The molecule has 122 valence electrons. The summed E-state index contributed by atoms with van der Waals surface area (Å²) < 4.78 is 0.879. The number of fused-ring (bicyclic) bond motifs is 2. The number of nitrogen functional groups attached to an aromatic ring is 1. The lowest BCUT2D eigenvalue weighted by Gasteiger charge is -2.24. The van der Waals surface area contributed by atoms with E-state index in [-0.39, 0.29) is 5.78 Å². The van der Waals surface area contributed by atoms with Crippen molar-refractivity contribution in [3.8, 4) is 0 Å². The molecule has 0 amide bonds. The molecule has 0 bridgehead atoms. The predicted molar refractivity (Wildman–Crippen MR) is 102 cm³/mol. The fourth-order valence-corrected chi connectivity index (χ4v) is 4.53. The number of carbonyl (C=O) groups excluding carboxylic acids is 1. The number of nitrogens with two attached hydrogens (primary N) is 1. The van der Waals surface area contributed by atoms with Gasteiger partial charge in [0.15, 0.2) is 0 Å². The van der Waals surface area contributed by atoms with E-state index in [4.69, 9.17) is 10.7 Å². The van der Waals surface area contributed by atoms with E-state index in [1.54, 1.807) is 0 Å². The van der Waals surface area contributed by atoms with Crippen LogP contribution in [0, 0.1) is 0 Å². The number of hydrogen-bond acceptors (Lipinski definition) is 5. The summed E-state index contributed by atoms with van der Waals surface area (Å²) >= 11 is 4.80. The van der Waals surface area contributed by atoms with Crippen molar-refractivity contribution in [1.82, 2.24) is 9.88 Å². The van der Waals surface area contributed by atoms with Crippen molar-refractivity contribution in [1.29, 1.82) is 0 Å². The number of thiophene rings is 1. The van der Waals surface area contributed by atoms with Gasteiger partial charge in [-0.25, -0.2) is 4.98 Å². The van der Waals surface area contributed by atoms with Crippen LogP contribution in [0.3, 0.4) is 0 Å². The Morgan fingerprint density at radius 3 is 3.00 bits per heavy atom. The molecule has 0 spiro atoms. The van der Waals surface area contributed by atoms with Crippen LogP contribution in [0.4, 0.5) is 5.69 Å². The largest absolute Gasteiger partial charge is 0.397 e. The molecule has 0 atom stereocenters. The van der Waals surface area contributed by atoms with Crippen LogP contribution in [0.15, 0.2) is 34.8 Å². The van der Waals surface area contributed by atoms with E-state index in [2.05, 4.69) is 33.9 Å². The quantitative estimate of drug-likeness (QED) is 0.662. The first-order valence-electron chi connectivity index (χ1n) is 7.72. The van der Waals surface area contributed by atoms with Crippen LogP contribution in [0.5, 0.6) is 0 Å². The van der Waals surface area contributed by atoms with Crippen LogP contribution in [0.2, 0.25) is 0 Å². The minimum Gasteiger partial charge on any atom is -0.397 e. The minimum atomic E-state index is -0.0492. The molecular weight excluding hydrogens is 386 g/mol. The highest BCUT2D eigenvalue weighted by Gasteiger charge is 2.22. The van der Waals surface area contributed by atoms with Gasteiger partial charge in [0.1, 0.15) is 9.71 Å². The Labute approximate surface area is 152 Å². The molecular formula is C18H16BrN3OS. The van der Waals surface area contributed by atoms with Crippen LogP contribution in [-0.2, 0) is 13.0 Å². The average Bonchev–Trinajstić information content (AvgIpc) is 2.88. The highest BCUT2D eigenvalue weighted by Crippen LogP contribution is 2.36. The lowest BCUT2D eigenvalue weighted by molar-refractivity contribution is 0.104. The Morgan fingerprint density at radius 2 is 2.21 bits per heavy atom. The number of carbonyl (C=O) groups is 1. The highest BCUT2D eigenvalue weighted by atomic mass is 79.9. The van der Waals surface area contributed by atoms with Crippen molar-refractivity contribution in [2.75, 3.05) is 19.3 Å². The summed E-state index contributed by atoms with van der Waals surface area (Å²) in [6.07, 6.45) is 0.939. The van der Waals surface area contributed by atoms with Crippen LogP contribution >= 0.6 is 27.3 Å². The van der Waals surface area contributed by atoms with Crippen LogP contribution in [0.25, 0.3) is 10.2 Å². The first-order valence-corrected chi connectivity index (χ1v) is 9.33. The second kappa shape index (κ2) is 5.95. The first-order chi connectivity index (χ1) is 11.5. The van der Waals surface area contributed by atoms with Gasteiger partial charge in [0.2, 0.25) is 5.78 Å². The molecule has 0 saturated heterocycles. The number of rotatable bonds is 2. The number of ketones is 1. The topological polar surface area (TPSA) is 59.2 Å². The second-order valence-electron chi connectivity index (χ2n) is 6.12. The van der Waals surface area contributed by atoms with Gasteiger partial charge >= 0.3 is 0 Å². The third kappa shape index (κ3) is 2.64. The number of hydrogen-bond donors (Lipinski definition) is 1. The van der Waals surface area contributed by atoms with Crippen LogP contribution < -0.4 is 5.73 Å². The number of anilines is 1. The van der Waals surface area contributed by atoms with Gasteiger partial charge in [-0.15, -0.1) is 11.3 Å². The molecule has 0 saturated carbocycles. The summed E-state index contributed by atoms with van der Waals surface area (Å²) in [5.41, 5.74) is 9.82. The monoisotopic (exact) mass is 401 g/mol. The maximum absolute atomic E-state index is 12.8. The standard InChI is InChI=1S/C18H16BrN3OS/c1-22-6-5-14-11(9-22)8-13-15(20)17(24-18(13)21-14)16(23)10-3-2-4-12(19)7-10/h2-4,7-8H,5-6,9,20H2,1H3. The summed E-state index contributed by atoms with van der Waals surface area (Å²) in [6, 6.07) is 9.49. The van der Waals surface area contributed by atoms with Crippen molar-refractivity contribution in [3.63, 3.8) is 0 Å². The number of aromatic nitrogens is 1. The zero-order chi connectivity index (χ0) is 16.8. The molecule has 0 unspecified atom stereocenters. The first kappa shape index (κ1) is 15.7. The summed E-state index contributed by atoms with van der Waals surface area (Å²) in [5, 5.41) is 0.896. The van der Waals surface area contributed by atoms with Gasteiger partial charge in [0.05, 0.1) is 5.69 Å². The molecule has 0 aliphatic carbocycles. The van der Waals surface area contributed by atoms with E-state index in [1.165, 1.54) is 16.9 Å². The summed E-state index contributed by atoms with van der Waals surface area (Å²) in [7, 11) is 2.10. The fraction of sp³-hybridized carbons (Fsp3) is 0.222. The Kier molecular flexibility index (Phi) is 3.90. The summed E-state index contributed by atoms with van der Waals surface area (Å²) in [4.78, 5) is 21.3. The maximum Gasteiger partial charge on any atom is 0.205 e. The van der Waals surface area contributed by atoms with Gasteiger partial charge in [-0.3, -0.25) is 4.79 Å². The normalized spacial score (nSPS) is 14.8. The Morgan fingerprint density at radius 1 is 1.38 bits per heavy atom. The Bertz CT molecular complexity index is 966. The second-order valence-corrected chi connectivity index (χ2v) is 8.03. The van der Waals surface area contributed by atoms with E-state index in [0.717, 1.165) is 39.9 Å². The molecule has 1 aliphatic rings. The molecule has 3 aromatic rings. The van der Waals surface area contributed by atoms with Crippen molar-refractivity contribution >= 4 is 49.0 Å². The summed E-state index contributed by atoms with van der Waals surface area (Å²) in [5.74, 6) is -0.0492. The molecule has 0 radical (unpaired) electrons. The molecule has 1 aliphatic heterocycles. The number of likely N-dealkylation sites (N-methyl/N-ethyl adjacent to an activating group) is 1.